The number of halogens is 2. The van der Waals surface area contributed by atoms with Crippen molar-refractivity contribution in [2.24, 2.45) is 0 Å². The van der Waals surface area contributed by atoms with Gasteiger partial charge in [-0.05, 0) is 34.1 Å². The number of carboxylic acids is 1. The topological polar surface area (TPSA) is 83.2 Å². The van der Waals surface area contributed by atoms with Crippen LogP contribution in [0, 0.1) is 17.1 Å². The lowest BCUT2D eigenvalue weighted by Gasteiger charge is -2.08. The number of nitriles is 1. The van der Waals surface area contributed by atoms with E-state index in [0.717, 1.165) is 6.07 Å². The average Bonchev–Trinajstić information content (AvgIpc) is 2.41. The van der Waals surface area contributed by atoms with Crippen molar-refractivity contribution < 1.29 is 19.0 Å². The van der Waals surface area contributed by atoms with E-state index in [1.54, 1.807) is 6.07 Å². The molecule has 0 saturated heterocycles. The molecule has 0 aliphatic rings. The quantitative estimate of drug-likeness (QED) is 0.929. The number of carbonyl (C=O) groups is 1. The zero-order valence-electron chi connectivity index (χ0n) is 9.80. The number of hydrogen-bond acceptors (Lipinski definition) is 4. The maximum absolute atomic E-state index is 13.4. The maximum atomic E-state index is 13.4. The fourth-order valence-electron chi connectivity index (χ4n) is 1.42. The van der Waals surface area contributed by atoms with Crippen LogP contribution in [0.15, 0.2) is 34.9 Å². The molecule has 0 bridgehead atoms. The Morgan fingerprint density at radius 1 is 1.45 bits per heavy atom. The predicted molar refractivity (Wildman–Crippen MR) is 70.1 cm³/mol. The Hall–Kier alpha value is -2.46. The van der Waals surface area contributed by atoms with E-state index in [1.807, 2.05) is 0 Å². The molecular formula is C13H6BrFN2O3. The normalized spacial score (nSPS) is 9.85. The number of pyridine rings is 1. The molecule has 100 valence electrons. The second kappa shape index (κ2) is 5.67. The third-order valence-corrected chi connectivity index (χ3v) is 2.76. The Bertz CT molecular complexity index is 728. The first-order chi connectivity index (χ1) is 9.51. The molecule has 1 N–H and O–H groups in total. The molecular weight excluding hydrogens is 331 g/mol. The van der Waals surface area contributed by atoms with E-state index >= 15 is 0 Å². The largest absolute Gasteiger partial charge is 0.477 e. The van der Waals surface area contributed by atoms with Gasteiger partial charge in [-0.15, -0.1) is 0 Å². The number of nitrogens with zero attached hydrogens (tertiary/aromatic N) is 2. The van der Waals surface area contributed by atoms with Crippen LogP contribution in [-0.2, 0) is 0 Å². The van der Waals surface area contributed by atoms with Gasteiger partial charge in [0.1, 0.15) is 23.2 Å². The van der Waals surface area contributed by atoms with Crippen molar-refractivity contribution in [3.8, 4) is 17.7 Å². The summed E-state index contributed by atoms with van der Waals surface area (Å²) in [5.41, 5.74) is -0.288. The third-order valence-electron chi connectivity index (χ3n) is 2.32. The summed E-state index contributed by atoms with van der Waals surface area (Å²) in [6, 6.07) is 6.59. The molecule has 0 saturated carbocycles. The number of hydrogen-bond donors (Lipinski definition) is 1. The highest BCUT2D eigenvalue weighted by atomic mass is 79.9. The molecule has 0 aliphatic carbocycles. The number of aromatic carboxylic acids is 1. The van der Waals surface area contributed by atoms with E-state index in [1.165, 1.54) is 24.4 Å². The first-order valence-corrected chi connectivity index (χ1v) is 6.07. The Kier molecular flexibility index (Phi) is 3.96. The van der Waals surface area contributed by atoms with Crippen LogP contribution >= 0.6 is 15.9 Å². The van der Waals surface area contributed by atoms with Crippen molar-refractivity contribution in [3.63, 3.8) is 0 Å². The summed E-state index contributed by atoms with van der Waals surface area (Å²) in [4.78, 5) is 14.9. The molecule has 2 aromatic rings. The van der Waals surface area contributed by atoms with E-state index in [4.69, 9.17) is 15.1 Å². The van der Waals surface area contributed by atoms with Crippen LogP contribution in [0.3, 0.4) is 0 Å². The van der Waals surface area contributed by atoms with E-state index in [9.17, 15) is 9.18 Å². The van der Waals surface area contributed by atoms with Gasteiger partial charge in [-0.1, -0.05) is 0 Å². The minimum atomic E-state index is -1.22. The maximum Gasteiger partial charge on any atom is 0.341 e. The van der Waals surface area contributed by atoms with Crippen molar-refractivity contribution in [1.82, 2.24) is 4.98 Å². The zero-order valence-corrected chi connectivity index (χ0v) is 11.4. The fourth-order valence-corrected chi connectivity index (χ4v) is 1.75. The SMILES string of the molecule is N#Cc1ccc(Oc2ncc(Br)cc2C(=O)O)cc1F. The highest BCUT2D eigenvalue weighted by Crippen LogP contribution is 2.26. The molecule has 0 aliphatic heterocycles. The standard InChI is InChI=1S/C13H6BrFN2O3/c14-8-3-10(13(18)19)12(17-6-8)20-9-2-1-7(5-16)11(15)4-9/h1-4,6H,(H,18,19). The summed E-state index contributed by atoms with van der Waals surface area (Å²) in [5.74, 6) is -2.08. The van der Waals surface area contributed by atoms with Gasteiger partial charge in [-0.3, -0.25) is 0 Å². The van der Waals surface area contributed by atoms with Crippen molar-refractivity contribution in [3.05, 3.63) is 51.9 Å². The van der Waals surface area contributed by atoms with Crippen LogP contribution in [0.4, 0.5) is 4.39 Å². The van der Waals surface area contributed by atoms with Crippen molar-refractivity contribution in [1.29, 1.82) is 5.26 Å². The van der Waals surface area contributed by atoms with E-state index in [2.05, 4.69) is 20.9 Å². The van der Waals surface area contributed by atoms with Crippen LogP contribution in [0.25, 0.3) is 0 Å². The molecule has 0 fully saturated rings. The van der Waals surface area contributed by atoms with E-state index < -0.39 is 11.8 Å². The number of benzene rings is 1. The zero-order chi connectivity index (χ0) is 14.7. The molecule has 20 heavy (non-hydrogen) atoms. The number of aromatic nitrogens is 1. The monoisotopic (exact) mass is 336 g/mol. The summed E-state index contributed by atoms with van der Waals surface area (Å²) in [6.45, 7) is 0. The number of carboxylic acid groups (broad SMARTS) is 1. The third kappa shape index (κ3) is 2.92. The van der Waals surface area contributed by atoms with Gasteiger partial charge in [0.15, 0.2) is 0 Å². The second-order valence-corrected chi connectivity index (χ2v) is 4.58. The smallest absolute Gasteiger partial charge is 0.341 e. The lowest BCUT2D eigenvalue weighted by atomic mass is 10.2. The van der Waals surface area contributed by atoms with Crippen molar-refractivity contribution in [2.45, 2.75) is 0 Å². The summed E-state index contributed by atoms with van der Waals surface area (Å²) >= 11 is 3.10. The van der Waals surface area contributed by atoms with Crippen LogP contribution in [0.2, 0.25) is 0 Å². The van der Waals surface area contributed by atoms with E-state index in [-0.39, 0.29) is 22.8 Å². The second-order valence-electron chi connectivity index (χ2n) is 3.67. The van der Waals surface area contributed by atoms with Crippen LogP contribution in [0.1, 0.15) is 15.9 Å². The van der Waals surface area contributed by atoms with Gasteiger partial charge in [0.25, 0.3) is 0 Å². The minimum absolute atomic E-state index is 0.0545. The van der Waals surface area contributed by atoms with Gasteiger partial charge in [0.2, 0.25) is 5.88 Å². The number of ether oxygens (including phenoxy) is 1. The molecule has 0 amide bonds. The molecule has 1 aromatic carbocycles. The molecule has 0 spiro atoms. The fraction of sp³-hybridized carbons (Fsp3) is 0. The number of rotatable bonds is 3. The van der Waals surface area contributed by atoms with Crippen molar-refractivity contribution >= 4 is 21.9 Å². The van der Waals surface area contributed by atoms with Crippen LogP contribution in [0.5, 0.6) is 11.6 Å². The Morgan fingerprint density at radius 2 is 2.20 bits per heavy atom. The summed E-state index contributed by atoms with van der Waals surface area (Å²) < 4.78 is 19.2. The molecule has 5 nitrogen and oxygen atoms in total. The molecule has 0 atom stereocenters. The van der Waals surface area contributed by atoms with Crippen LogP contribution < -0.4 is 4.74 Å². The highest BCUT2D eigenvalue weighted by Gasteiger charge is 2.15. The minimum Gasteiger partial charge on any atom is -0.477 e. The van der Waals surface area contributed by atoms with E-state index in [0.29, 0.717) is 4.47 Å². The highest BCUT2D eigenvalue weighted by molar-refractivity contribution is 9.10. The first kappa shape index (κ1) is 14.0. The Morgan fingerprint density at radius 3 is 2.80 bits per heavy atom. The molecule has 0 radical (unpaired) electrons. The summed E-state index contributed by atoms with van der Waals surface area (Å²) in [7, 11) is 0. The molecule has 0 unspecified atom stereocenters. The van der Waals surface area contributed by atoms with Gasteiger partial charge in [0.05, 0.1) is 5.56 Å². The lowest BCUT2D eigenvalue weighted by Crippen LogP contribution is -2.02. The first-order valence-electron chi connectivity index (χ1n) is 5.27. The Labute approximate surface area is 121 Å². The Balaban J connectivity index is 2.38. The summed E-state index contributed by atoms with van der Waals surface area (Å²) in [6.07, 6.45) is 1.36. The summed E-state index contributed by atoms with van der Waals surface area (Å²) in [5, 5.41) is 17.7. The predicted octanol–water partition coefficient (Wildman–Crippen LogP) is 3.35. The molecule has 7 heteroatoms. The molecule has 2 rings (SSSR count). The van der Waals surface area contributed by atoms with Gasteiger partial charge in [-0.2, -0.15) is 5.26 Å². The van der Waals surface area contributed by atoms with Gasteiger partial charge < -0.3 is 9.84 Å². The molecule has 1 aromatic heterocycles. The van der Waals surface area contributed by atoms with Crippen molar-refractivity contribution in [2.75, 3.05) is 0 Å². The van der Waals surface area contributed by atoms with Gasteiger partial charge in [-0.25, -0.2) is 14.2 Å². The van der Waals surface area contributed by atoms with Gasteiger partial charge >= 0.3 is 5.97 Å². The van der Waals surface area contributed by atoms with Gasteiger partial charge in [0, 0.05) is 16.7 Å². The lowest BCUT2D eigenvalue weighted by molar-refractivity contribution is 0.0693. The molecule has 1 heterocycles. The van der Waals surface area contributed by atoms with Crippen LogP contribution in [-0.4, -0.2) is 16.1 Å². The average molecular weight is 337 g/mol.